The van der Waals surface area contributed by atoms with Crippen molar-refractivity contribution in [1.82, 2.24) is 4.90 Å². The van der Waals surface area contributed by atoms with E-state index in [1.807, 2.05) is 0 Å². The van der Waals surface area contributed by atoms with Gasteiger partial charge in [0.1, 0.15) is 0 Å². The van der Waals surface area contributed by atoms with Crippen molar-refractivity contribution in [2.24, 2.45) is 0 Å². The van der Waals surface area contributed by atoms with Gasteiger partial charge in [0.2, 0.25) is 0 Å². The lowest BCUT2D eigenvalue weighted by atomic mass is 10.4. The number of thiol groups is 1. The molecule has 13 heavy (non-hydrogen) atoms. The quantitative estimate of drug-likeness (QED) is 0.483. The lowest BCUT2D eigenvalue weighted by Crippen LogP contribution is -2.32. The van der Waals surface area contributed by atoms with Crippen molar-refractivity contribution in [3.8, 4) is 0 Å². The van der Waals surface area contributed by atoms with Crippen LogP contribution in [0.5, 0.6) is 0 Å². The first kappa shape index (κ1) is 9.79. The van der Waals surface area contributed by atoms with Crippen molar-refractivity contribution in [1.29, 1.82) is 0 Å². The molecule has 70 valence electrons. The van der Waals surface area contributed by atoms with E-state index in [4.69, 9.17) is 5.11 Å². The van der Waals surface area contributed by atoms with E-state index in [1.165, 1.54) is 0 Å². The van der Waals surface area contributed by atoms with Gasteiger partial charge in [0.05, 0.1) is 11.3 Å². The third-order valence-corrected chi connectivity index (χ3v) is 1.86. The molecular weight excluding hydrogens is 194 g/mol. The molecule has 2 amide bonds. The van der Waals surface area contributed by atoms with Gasteiger partial charge in [-0.25, -0.2) is 0 Å². The van der Waals surface area contributed by atoms with E-state index >= 15 is 0 Å². The van der Waals surface area contributed by atoms with Crippen LogP contribution in [-0.2, 0) is 14.4 Å². The predicted octanol–water partition coefficient (Wildman–Crippen LogP) is -0.356. The largest absolute Gasteiger partial charge is 0.481 e. The molecule has 1 aliphatic rings. The number of nitrogens with zero attached hydrogens (tertiary/aromatic N) is 1. The van der Waals surface area contributed by atoms with Gasteiger partial charge < -0.3 is 5.11 Å². The molecule has 0 radical (unpaired) electrons. The zero-order chi connectivity index (χ0) is 10.0. The van der Waals surface area contributed by atoms with E-state index < -0.39 is 17.8 Å². The number of rotatable bonds is 3. The number of hydrogen-bond donors (Lipinski definition) is 2. The van der Waals surface area contributed by atoms with E-state index in [2.05, 4.69) is 12.6 Å². The van der Waals surface area contributed by atoms with Gasteiger partial charge in [0, 0.05) is 12.6 Å². The Morgan fingerprint density at radius 3 is 2.54 bits per heavy atom. The van der Waals surface area contributed by atoms with Gasteiger partial charge in [-0.05, 0) is 0 Å². The first-order valence-corrected chi connectivity index (χ1v) is 3.95. The van der Waals surface area contributed by atoms with Crippen molar-refractivity contribution in [2.75, 3.05) is 6.54 Å². The maximum Gasteiger partial charge on any atom is 0.305 e. The zero-order valence-electron chi connectivity index (χ0n) is 6.56. The second-order valence-corrected chi connectivity index (χ2v) is 2.95. The van der Waals surface area contributed by atoms with Crippen molar-refractivity contribution < 1.29 is 19.5 Å². The van der Waals surface area contributed by atoms with Crippen LogP contribution < -0.4 is 0 Å². The number of carboxylic acids is 1. The van der Waals surface area contributed by atoms with E-state index in [9.17, 15) is 14.4 Å². The average molecular weight is 201 g/mol. The highest BCUT2D eigenvalue weighted by Gasteiger charge is 2.28. The molecule has 0 aromatic heterocycles. The van der Waals surface area contributed by atoms with Crippen molar-refractivity contribution in [2.45, 2.75) is 6.42 Å². The summed E-state index contributed by atoms with van der Waals surface area (Å²) in [6.07, 6.45) is 0.833. The lowest BCUT2D eigenvalue weighted by Gasteiger charge is -2.11. The Labute approximate surface area is 79.4 Å². The van der Waals surface area contributed by atoms with Crippen molar-refractivity contribution >= 4 is 30.4 Å². The van der Waals surface area contributed by atoms with Gasteiger partial charge in [-0.2, -0.15) is 0 Å². The number of imide groups is 1. The van der Waals surface area contributed by atoms with Crippen LogP contribution in [0.15, 0.2) is 11.0 Å². The molecule has 0 aromatic carbocycles. The van der Waals surface area contributed by atoms with E-state index in [1.54, 1.807) is 0 Å². The summed E-state index contributed by atoms with van der Waals surface area (Å²) < 4.78 is 0. The molecule has 1 N–H and O–H groups in total. The molecule has 0 aliphatic carbocycles. The molecule has 0 fully saturated rings. The highest BCUT2D eigenvalue weighted by molar-refractivity contribution is 7.85. The molecule has 0 bridgehead atoms. The molecule has 5 nitrogen and oxygen atoms in total. The lowest BCUT2D eigenvalue weighted by molar-refractivity contribution is -0.140. The summed E-state index contributed by atoms with van der Waals surface area (Å²) in [6, 6.07) is 0. The van der Waals surface area contributed by atoms with Crippen LogP contribution in [-0.4, -0.2) is 34.3 Å². The van der Waals surface area contributed by atoms with Gasteiger partial charge in [0.25, 0.3) is 11.8 Å². The second-order valence-electron chi connectivity index (χ2n) is 2.47. The minimum atomic E-state index is -1.05. The fourth-order valence-corrected chi connectivity index (χ4v) is 1.15. The van der Waals surface area contributed by atoms with Crippen LogP contribution in [0.2, 0.25) is 0 Å². The summed E-state index contributed by atoms with van der Waals surface area (Å²) in [5.74, 6) is -2.08. The van der Waals surface area contributed by atoms with Crippen molar-refractivity contribution in [3.63, 3.8) is 0 Å². The highest BCUT2D eigenvalue weighted by atomic mass is 32.1. The zero-order valence-corrected chi connectivity index (χ0v) is 7.45. The molecule has 0 saturated heterocycles. The van der Waals surface area contributed by atoms with Crippen molar-refractivity contribution in [3.05, 3.63) is 11.0 Å². The number of amides is 2. The molecule has 1 rings (SSSR count). The first-order valence-electron chi connectivity index (χ1n) is 3.50. The maximum atomic E-state index is 11.1. The smallest absolute Gasteiger partial charge is 0.305 e. The minimum Gasteiger partial charge on any atom is -0.481 e. The number of hydrogen-bond acceptors (Lipinski definition) is 4. The molecule has 0 atom stereocenters. The van der Waals surface area contributed by atoms with Gasteiger partial charge in [-0.3, -0.25) is 19.3 Å². The van der Waals surface area contributed by atoms with E-state index in [0.717, 1.165) is 11.0 Å². The molecule has 0 saturated carbocycles. The standard InChI is InChI=1S/C7H7NO4S/c9-5-3-4(13)7(12)8(5)2-1-6(10)11/h3,13H,1-2H2,(H,10,11). The average Bonchev–Trinajstić information content (AvgIpc) is 2.24. The summed E-state index contributed by atoms with van der Waals surface area (Å²) in [7, 11) is 0. The molecular formula is C7H7NO4S. The molecule has 0 spiro atoms. The third-order valence-electron chi connectivity index (χ3n) is 1.54. The Balaban J connectivity index is 2.59. The Hall–Kier alpha value is -1.30. The maximum absolute atomic E-state index is 11.1. The number of carbonyl (C=O) groups is 3. The van der Waals surface area contributed by atoms with Crippen LogP contribution in [0.25, 0.3) is 0 Å². The van der Waals surface area contributed by atoms with Gasteiger partial charge in [-0.15, -0.1) is 12.6 Å². The van der Waals surface area contributed by atoms with E-state index in [-0.39, 0.29) is 17.9 Å². The van der Waals surface area contributed by atoms with Crippen LogP contribution >= 0.6 is 12.6 Å². The summed E-state index contributed by atoms with van der Waals surface area (Å²) >= 11 is 3.75. The monoisotopic (exact) mass is 201 g/mol. The molecule has 6 heteroatoms. The Kier molecular flexibility index (Phi) is 2.72. The predicted molar refractivity (Wildman–Crippen MR) is 46.0 cm³/mol. The third kappa shape index (κ3) is 2.09. The van der Waals surface area contributed by atoms with Crippen LogP contribution in [0, 0.1) is 0 Å². The number of carboxylic acid groups (broad SMARTS) is 1. The molecule has 1 aliphatic heterocycles. The molecule has 0 aromatic rings. The SMILES string of the molecule is O=C(O)CCN1C(=O)C=C(S)C1=O. The normalized spacial score (nSPS) is 16.4. The molecule has 1 heterocycles. The number of aliphatic carboxylic acids is 1. The first-order chi connectivity index (χ1) is 6.02. The number of carbonyl (C=O) groups excluding carboxylic acids is 2. The minimum absolute atomic E-state index is 0.0513. The van der Waals surface area contributed by atoms with Gasteiger partial charge >= 0.3 is 5.97 Å². The summed E-state index contributed by atoms with van der Waals surface area (Å²) in [4.78, 5) is 33.2. The summed E-state index contributed by atoms with van der Waals surface area (Å²) in [6.45, 7) is -0.104. The van der Waals surface area contributed by atoms with Crippen LogP contribution in [0.3, 0.4) is 0 Å². The Bertz CT molecular complexity index is 310. The Morgan fingerprint density at radius 2 is 2.15 bits per heavy atom. The van der Waals surface area contributed by atoms with Crippen LogP contribution in [0.1, 0.15) is 6.42 Å². The van der Waals surface area contributed by atoms with Crippen LogP contribution in [0.4, 0.5) is 0 Å². The van der Waals surface area contributed by atoms with Gasteiger partial charge in [-0.1, -0.05) is 0 Å². The fraction of sp³-hybridized carbons (Fsp3) is 0.286. The topological polar surface area (TPSA) is 74.7 Å². The van der Waals surface area contributed by atoms with Gasteiger partial charge in [0.15, 0.2) is 0 Å². The summed E-state index contributed by atoms with van der Waals surface area (Å²) in [5, 5.41) is 8.33. The molecule has 0 unspecified atom stereocenters. The Morgan fingerprint density at radius 1 is 1.54 bits per heavy atom. The van der Waals surface area contributed by atoms with E-state index in [0.29, 0.717) is 0 Å². The fourth-order valence-electron chi connectivity index (χ4n) is 0.914. The summed E-state index contributed by atoms with van der Waals surface area (Å²) in [5.41, 5.74) is 0. The second kappa shape index (κ2) is 3.61. The highest BCUT2D eigenvalue weighted by Crippen LogP contribution is 2.15.